The van der Waals surface area contributed by atoms with E-state index in [4.69, 9.17) is 11.6 Å². The molecule has 1 aromatic rings. The number of benzene rings is 1. The van der Waals surface area contributed by atoms with Crippen LogP contribution in [0.2, 0.25) is 0 Å². The Hall–Kier alpha value is -1.16. The van der Waals surface area contributed by atoms with Gasteiger partial charge in [-0.05, 0) is 25.0 Å². The number of nitrogens with zero attached hydrogens (tertiary/aromatic N) is 1. The van der Waals surface area contributed by atoms with Crippen molar-refractivity contribution in [3.8, 4) is 0 Å². The Balaban J connectivity index is 2.17. The van der Waals surface area contributed by atoms with Gasteiger partial charge in [0.1, 0.15) is 0 Å². The zero-order valence-electron chi connectivity index (χ0n) is 9.13. The van der Waals surface area contributed by atoms with Crippen molar-refractivity contribution in [1.82, 2.24) is 4.90 Å². The molecule has 1 amide bonds. The molecule has 0 unspecified atom stereocenters. The first-order valence-electron chi connectivity index (χ1n) is 5.47. The normalized spacial score (nSPS) is 17.2. The predicted octanol–water partition coefficient (Wildman–Crippen LogP) is 2.81. The third-order valence-corrected chi connectivity index (χ3v) is 3.33. The molecule has 0 N–H and O–H groups in total. The first-order valence-corrected chi connectivity index (χ1v) is 5.90. The van der Waals surface area contributed by atoms with E-state index in [1.165, 1.54) is 17.0 Å². The lowest BCUT2D eigenvalue weighted by molar-refractivity contribution is 0.0720. The van der Waals surface area contributed by atoms with Crippen LogP contribution in [0.1, 0.15) is 23.2 Å². The summed E-state index contributed by atoms with van der Waals surface area (Å²) in [4.78, 5) is 13.5. The van der Waals surface area contributed by atoms with Crippen LogP contribution in [0.4, 0.5) is 8.78 Å². The molecule has 2 rings (SSSR count). The van der Waals surface area contributed by atoms with Crippen molar-refractivity contribution >= 4 is 17.5 Å². The Morgan fingerprint density at radius 3 is 2.59 bits per heavy atom. The summed E-state index contributed by atoms with van der Waals surface area (Å²) in [6.45, 7) is 0.978. The van der Waals surface area contributed by atoms with E-state index in [1.807, 2.05) is 0 Å². The molecule has 0 atom stereocenters. The van der Waals surface area contributed by atoms with E-state index in [2.05, 4.69) is 0 Å². The predicted molar refractivity (Wildman–Crippen MR) is 61.1 cm³/mol. The number of halogens is 3. The number of alkyl halides is 1. The zero-order chi connectivity index (χ0) is 12.4. The smallest absolute Gasteiger partial charge is 0.256 e. The molecule has 0 aromatic heterocycles. The molecule has 1 fully saturated rings. The Bertz CT molecular complexity index is 431. The molecule has 0 spiro atoms. The molecule has 2 nitrogen and oxygen atoms in total. The summed E-state index contributed by atoms with van der Waals surface area (Å²) in [5.74, 6) is -2.54. The van der Waals surface area contributed by atoms with Crippen molar-refractivity contribution in [2.24, 2.45) is 0 Å². The van der Waals surface area contributed by atoms with Gasteiger partial charge in [0.2, 0.25) is 0 Å². The van der Waals surface area contributed by atoms with Gasteiger partial charge in [0.25, 0.3) is 5.91 Å². The van der Waals surface area contributed by atoms with Gasteiger partial charge in [-0.1, -0.05) is 6.07 Å². The molecule has 92 valence electrons. The minimum Gasteiger partial charge on any atom is -0.338 e. The minimum atomic E-state index is -1.08. The maximum atomic E-state index is 13.4. The number of carbonyl (C=O) groups excluding carboxylic acids is 1. The standard InChI is InChI=1S/C12H12ClF2NO/c13-8-4-6-16(7-5-8)12(17)9-2-1-3-10(14)11(9)15/h1-3,8H,4-7H2. The number of amides is 1. The number of rotatable bonds is 1. The Morgan fingerprint density at radius 2 is 1.94 bits per heavy atom. The fourth-order valence-electron chi connectivity index (χ4n) is 1.89. The lowest BCUT2D eigenvalue weighted by Gasteiger charge is -2.29. The van der Waals surface area contributed by atoms with Gasteiger partial charge < -0.3 is 4.90 Å². The average molecular weight is 260 g/mol. The van der Waals surface area contributed by atoms with Crippen LogP contribution in [0.3, 0.4) is 0 Å². The summed E-state index contributed by atoms with van der Waals surface area (Å²) in [5.41, 5.74) is -0.210. The van der Waals surface area contributed by atoms with E-state index >= 15 is 0 Å². The second-order valence-corrected chi connectivity index (χ2v) is 4.69. The number of piperidine rings is 1. The SMILES string of the molecule is O=C(c1cccc(F)c1F)N1CCC(Cl)CC1. The zero-order valence-corrected chi connectivity index (χ0v) is 9.88. The van der Waals surface area contributed by atoms with E-state index < -0.39 is 17.5 Å². The van der Waals surface area contributed by atoms with Crippen LogP contribution in [0, 0.1) is 11.6 Å². The number of likely N-dealkylation sites (tertiary alicyclic amines) is 1. The van der Waals surface area contributed by atoms with Gasteiger partial charge in [-0.2, -0.15) is 0 Å². The molecule has 17 heavy (non-hydrogen) atoms. The summed E-state index contributed by atoms with van der Waals surface area (Å²) >= 11 is 5.92. The summed E-state index contributed by atoms with van der Waals surface area (Å²) < 4.78 is 26.4. The second kappa shape index (κ2) is 5.00. The van der Waals surface area contributed by atoms with Crippen LogP contribution in [-0.4, -0.2) is 29.3 Å². The summed E-state index contributed by atoms with van der Waals surface area (Å²) in [7, 11) is 0. The molecule has 1 saturated heterocycles. The summed E-state index contributed by atoms with van der Waals surface area (Å²) in [6.07, 6.45) is 1.37. The van der Waals surface area contributed by atoms with Crippen LogP contribution in [0.25, 0.3) is 0 Å². The van der Waals surface area contributed by atoms with E-state index in [0.29, 0.717) is 25.9 Å². The molecular formula is C12H12ClF2NO. The third-order valence-electron chi connectivity index (χ3n) is 2.89. The van der Waals surface area contributed by atoms with Crippen molar-refractivity contribution in [3.05, 3.63) is 35.4 Å². The number of hydrogen-bond acceptors (Lipinski definition) is 1. The van der Waals surface area contributed by atoms with E-state index in [-0.39, 0.29) is 10.9 Å². The highest BCUT2D eigenvalue weighted by Gasteiger charge is 2.25. The quantitative estimate of drug-likeness (QED) is 0.710. The summed E-state index contributed by atoms with van der Waals surface area (Å²) in [6, 6.07) is 3.63. The molecule has 1 heterocycles. The summed E-state index contributed by atoms with van der Waals surface area (Å²) in [5, 5.41) is 0.0661. The van der Waals surface area contributed by atoms with E-state index in [1.54, 1.807) is 0 Å². The van der Waals surface area contributed by atoms with Crippen LogP contribution >= 0.6 is 11.6 Å². The van der Waals surface area contributed by atoms with Gasteiger partial charge >= 0.3 is 0 Å². The minimum absolute atomic E-state index is 0.0661. The highest BCUT2D eigenvalue weighted by Crippen LogP contribution is 2.19. The van der Waals surface area contributed by atoms with Crippen LogP contribution < -0.4 is 0 Å². The van der Waals surface area contributed by atoms with Crippen LogP contribution in [0.15, 0.2) is 18.2 Å². The Morgan fingerprint density at radius 1 is 1.29 bits per heavy atom. The highest BCUT2D eigenvalue weighted by atomic mass is 35.5. The maximum absolute atomic E-state index is 13.4. The molecule has 5 heteroatoms. The van der Waals surface area contributed by atoms with Crippen molar-refractivity contribution in [2.75, 3.05) is 13.1 Å². The van der Waals surface area contributed by atoms with Crippen LogP contribution in [0.5, 0.6) is 0 Å². The molecule has 0 radical (unpaired) electrons. The van der Waals surface area contributed by atoms with Gasteiger partial charge in [0.15, 0.2) is 11.6 Å². The molecule has 1 aromatic carbocycles. The van der Waals surface area contributed by atoms with Crippen LogP contribution in [-0.2, 0) is 0 Å². The topological polar surface area (TPSA) is 20.3 Å². The molecule has 0 aliphatic carbocycles. The first kappa shape index (κ1) is 12.3. The fourth-order valence-corrected chi connectivity index (χ4v) is 2.09. The third kappa shape index (κ3) is 2.57. The van der Waals surface area contributed by atoms with E-state index in [0.717, 1.165) is 6.07 Å². The first-order chi connectivity index (χ1) is 8.09. The average Bonchev–Trinajstić information content (AvgIpc) is 2.33. The van der Waals surface area contributed by atoms with Crippen molar-refractivity contribution in [1.29, 1.82) is 0 Å². The van der Waals surface area contributed by atoms with Gasteiger partial charge in [-0.25, -0.2) is 8.78 Å². The van der Waals surface area contributed by atoms with Gasteiger partial charge in [0, 0.05) is 18.5 Å². The number of hydrogen-bond donors (Lipinski definition) is 0. The fraction of sp³-hybridized carbons (Fsp3) is 0.417. The maximum Gasteiger partial charge on any atom is 0.256 e. The van der Waals surface area contributed by atoms with Crippen molar-refractivity contribution in [3.63, 3.8) is 0 Å². The largest absolute Gasteiger partial charge is 0.338 e. The molecule has 1 aliphatic heterocycles. The molecule has 0 saturated carbocycles. The molecule has 1 aliphatic rings. The Labute approximate surface area is 103 Å². The van der Waals surface area contributed by atoms with Crippen molar-refractivity contribution < 1.29 is 13.6 Å². The van der Waals surface area contributed by atoms with Gasteiger partial charge in [-0.15, -0.1) is 11.6 Å². The van der Waals surface area contributed by atoms with Gasteiger partial charge in [0.05, 0.1) is 5.56 Å². The molecule has 0 bridgehead atoms. The molecular weight excluding hydrogens is 248 g/mol. The van der Waals surface area contributed by atoms with Crippen molar-refractivity contribution in [2.45, 2.75) is 18.2 Å². The Kier molecular flexibility index (Phi) is 3.62. The highest BCUT2D eigenvalue weighted by molar-refractivity contribution is 6.20. The lowest BCUT2D eigenvalue weighted by atomic mass is 10.1. The lowest BCUT2D eigenvalue weighted by Crippen LogP contribution is -2.39. The number of carbonyl (C=O) groups is 1. The monoisotopic (exact) mass is 259 g/mol. The second-order valence-electron chi connectivity index (χ2n) is 4.07. The van der Waals surface area contributed by atoms with E-state index in [9.17, 15) is 13.6 Å². The van der Waals surface area contributed by atoms with Gasteiger partial charge in [-0.3, -0.25) is 4.79 Å².